The van der Waals surface area contributed by atoms with Crippen LogP contribution in [0.1, 0.15) is 0 Å². The van der Waals surface area contributed by atoms with Gasteiger partial charge in [-0.1, -0.05) is 0 Å². The molecule has 1 rings (SSSR count). The first-order valence-electron chi connectivity index (χ1n) is 2.72. The topological polar surface area (TPSA) is 61.5 Å². The first-order valence-corrected chi connectivity index (χ1v) is 2.72. The molecule has 1 unspecified atom stereocenters. The molecule has 0 bridgehead atoms. The summed E-state index contributed by atoms with van der Waals surface area (Å²) in [5, 5.41) is 13.0. The minimum atomic E-state index is -0.219. The molecule has 0 aromatic carbocycles. The Morgan fingerprint density at radius 1 is 1.75 bits per heavy atom. The molecule has 8 heavy (non-hydrogen) atoms. The second kappa shape index (κ2) is 2.41. The van der Waals surface area contributed by atoms with Crippen molar-refractivity contribution in [2.75, 3.05) is 19.6 Å². The molecule has 0 amide bonds. The number of hydrogen-bond donors (Lipinski definition) is 3. The predicted molar refractivity (Wildman–Crippen MR) is 29.3 cm³/mol. The lowest BCUT2D eigenvalue weighted by Crippen LogP contribution is -2.54. The Morgan fingerprint density at radius 2 is 2.50 bits per heavy atom. The molecule has 4 heteroatoms. The van der Waals surface area contributed by atoms with Crippen molar-refractivity contribution in [1.29, 1.82) is 0 Å². The SMILES string of the molecule is NC1CNCCN1O. The van der Waals surface area contributed by atoms with Crippen LogP contribution in [0.5, 0.6) is 0 Å². The monoisotopic (exact) mass is 117 g/mol. The van der Waals surface area contributed by atoms with Gasteiger partial charge in [0, 0.05) is 19.6 Å². The van der Waals surface area contributed by atoms with E-state index in [0.717, 1.165) is 11.6 Å². The molecule has 0 aromatic rings. The summed E-state index contributed by atoms with van der Waals surface area (Å²) in [7, 11) is 0. The van der Waals surface area contributed by atoms with Crippen LogP contribution in [0.15, 0.2) is 0 Å². The fraction of sp³-hybridized carbons (Fsp3) is 1.00. The van der Waals surface area contributed by atoms with Crippen molar-refractivity contribution < 1.29 is 5.21 Å². The standard InChI is InChI=1S/C4H11N3O/c5-4-3-6-1-2-7(4)8/h4,6,8H,1-3,5H2. The van der Waals surface area contributed by atoms with Gasteiger partial charge >= 0.3 is 0 Å². The van der Waals surface area contributed by atoms with E-state index in [1.165, 1.54) is 0 Å². The van der Waals surface area contributed by atoms with Gasteiger partial charge in [0.1, 0.15) is 0 Å². The van der Waals surface area contributed by atoms with Gasteiger partial charge in [-0.2, -0.15) is 5.06 Å². The van der Waals surface area contributed by atoms with E-state index in [-0.39, 0.29) is 6.17 Å². The van der Waals surface area contributed by atoms with E-state index in [0.29, 0.717) is 13.1 Å². The Morgan fingerprint density at radius 3 is 2.88 bits per heavy atom. The van der Waals surface area contributed by atoms with Crippen LogP contribution in [0.4, 0.5) is 0 Å². The highest BCUT2D eigenvalue weighted by Gasteiger charge is 2.14. The van der Waals surface area contributed by atoms with E-state index in [9.17, 15) is 0 Å². The molecule has 1 aliphatic rings. The maximum atomic E-state index is 8.85. The minimum absolute atomic E-state index is 0.219. The second-order valence-electron chi connectivity index (χ2n) is 1.93. The molecule has 48 valence electrons. The van der Waals surface area contributed by atoms with Crippen LogP contribution < -0.4 is 11.1 Å². The van der Waals surface area contributed by atoms with Gasteiger partial charge in [0.25, 0.3) is 0 Å². The summed E-state index contributed by atoms with van der Waals surface area (Å²) in [6.07, 6.45) is -0.219. The van der Waals surface area contributed by atoms with Crippen LogP contribution in [0.3, 0.4) is 0 Å². The van der Waals surface area contributed by atoms with Crippen molar-refractivity contribution in [3.63, 3.8) is 0 Å². The summed E-state index contributed by atoms with van der Waals surface area (Å²) < 4.78 is 0. The Balaban J connectivity index is 2.28. The van der Waals surface area contributed by atoms with Crippen LogP contribution in [-0.4, -0.2) is 36.1 Å². The lowest BCUT2D eigenvalue weighted by atomic mass is 10.4. The largest absolute Gasteiger partial charge is 0.313 e. The Kier molecular flexibility index (Phi) is 1.80. The summed E-state index contributed by atoms with van der Waals surface area (Å²) >= 11 is 0. The quantitative estimate of drug-likeness (QED) is 0.364. The summed E-state index contributed by atoms with van der Waals surface area (Å²) in [5.41, 5.74) is 5.39. The van der Waals surface area contributed by atoms with Gasteiger partial charge in [0.05, 0.1) is 6.17 Å². The molecule has 0 aromatic heterocycles. The van der Waals surface area contributed by atoms with Gasteiger partial charge in [0.2, 0.25) is 0 Å². The van der Waals surface area contributed by atoms with Crippen LogP contribution in [0, 0.1) is 0 Å². The fourth-order valence-electron chi connectivity index (χ4n) is 0.715. The van der Waals surface area contributed by atoms with E-state index < -0.39 is 0 Å². The van der Waals surface area contributed by atoms with E-state index >= 15 is 0 Å². The van der Waals surface area contributed by atoms with Crippen LogP contribution >= 0.6 is 0 Å². The number of piperazine rings is 1. The second-order valence-corrected chi connectivity index (χ2v) is 1.93. The average molecular weight is 117 g/mol. The summed E-state index contributed by atoms with van der Waals surface area (Å²) in [5.74, 6) is 0. The molecule has 1 aliphatic heterocycles. The third kappa shape index (κ3) is 1.16. The van der Waals surface area contributed by atoms with Gasteiger partial charge in [-0.3, -0.25) is 0 Å². The van der Waals surface area contributed by atoms with Crippen LogP contribution in [0.25, 0.3) is 0 Å². The lowest BCUT2D eigenvalue weighted by Gasteiger charge is -2.27. The van der Waals surface area contributed by atoms with Crippen molar-refractivity contribution in [3.05, 3.63) is 0 Å². The zero-order valence-electron chi connectivity index (χ0n) is 4.67. The predicted octanol–water partition coefficient (Wildman–Crippen LogP) is -1.43. The normalized spacial score (nSPS) is 33.0. The van der Waals surface area contributed by atoms with Crippen LogP contribution in [0.2, 0.25) is 0 Å². The smallest absolute Gasteiger partial charge is 0.0942 e. The molecule has 4 N–H and O–H groups in total. The first-order chi connectivity index (χ1) is 3.80. The molecular weight excluding hydrogens is 106 g/mol. The molecule has 0 spiro atoms. The molecule has 0 radical (unpaired) electrons. The molecule has 4 nitrogen and oxygen atoms in total. The molecule has 1 fully saturated rings. The fourth-order valence-corrected chi connectivity index (χ4v) is 0.715. The number of hydroxylamine groups is 2. The van der Waals surface area contributed by atoms with Gasteiger partial charge in [-0.15, -0.1) is 0 Å². The number of rotatable bonds is 0. The van der Waals surface area contributed by atoms with Gasteiger partial charge in [0.15, 0.2) is 0 Å². The Bertz CT molecular complexity index is 67.7. The molecule has 1 saturated heterocycles. The first kappa shape index (κ1) is 5.97. The molecule has 1 heterocycles. The highest BCUT2D eigenvalue weighted by atomic mass is 16.5. The minimum Gasteiger partial charge on any atom is -0.313 e. The number of nitrogens with one attached hydrogen (secondary N) is 1. The number of nitrogens with two attached hydrogens (primary N) is 1. The van der Waals surface area contributed by atoms with Crippen LogP contribution in [-0.2, 0) is 0 Å². The van der Waals surface area contributed by atoms with E-state index in [4.69, 9.17) is 10.9 Å². The summed E-state index contributed by atoms with van der Waals surface area (Å²) in [6.45, 7) is 2.13. The lowest BCUT2D eigenvalue weighted by molar-refractivity contribution is -0.133. The van der Waals surface area contributed by atoms with E-state index in [1.54, 1.807) is 0 Å². The zero-order chi connectivity index (χ0) is 5.98. The van der Waals surface area contributed by atoms with Gasteiger partial charge in [-0.25, -0.2) is 0 Å². The van der Waals surface area contributed by atoms with Gasteiger partial charge < -0.3 is 16.3 Å². The number of hydrogen-bond acceptors (Lipinski definition) is 4. The molecule has 1 atom stereocenters. The van der Waals surface area contributed by atoms with E-state index in [1.807, 2.05) is 0 Å². The van der Waals surface area contributed by atoms with E-state index in [2.05, 4.69) is 5.32 Å². The molecular formula is C4H11N3O. The molecule has 0 aliphatic carbocycles. The van der Waals surface area contributed by atoms with Crippen molar-refractivity contribution in [2.24, 2.45) is 5.73 Å². The highest BCUT2D eigenvalue weighted by Crippen LogP contribution is 1.89. The van der Waals surface area contributed by atoms with Crippen molar-refractivity contribution >= 4 is 0 Å². The van der Waals surface area contributed by atoms with Crippen molar-refractivity contribution in [1.82, 2.24) is 10.4 Å². The Hall–Kier alpha value is -0.160. The third-order valence-electron chi connectivity index (χ3n) is 1.25. The zero-order valence-corrected chi connectivity index (χ0v) is 4.67. The maximum absolute atomic E-state index is 8.85. The van der Waals surface area contributed by atoms with Crippen molar-refractivity contribution in [2.45, 2.75) is 6.17 Å². The molecule has 0 saturated carbocycles. The van der Waals surface area contributed by atoms with Gasteiger partial charge in [-0.05, 0) is 0 Å². The highest BCUT2D eigenvalue weighted by molar-refractivity contribution is 4.67. The maximum Gasteiger partial charge on any atom is 0.0942 e. The Labute approximate surface area is 48.2 Å². The van der Waals surface area contributed by atoms with Crippen molar-refractivity contribution in [3.8, 4) is 0 Å². The third-order valence-corrected chi connectivity index (χ3v) is 1.25. The number of nitrogens with zero attached hydrogens (tertiary/aromatic N) is 1. The summed E-state index contributed by atoms with van der Waals surface area (Å²) in [6, 6.07) is 0. The summed E-state index contributed by atoms with van der Waals surface area (Å²) in [4.78, 5) is 0. The average Bonchev–Trinajstić information content (AvgIpc) is 1.77.